The van der Waals surface area contributed by atoms with E-state index in [2.05, 4.69) is 0 Å². The Kier molecular flexibility index (Phi) is 13.2. The van der Waals surface area contributed by atoms with Crippen LogP contribution < -0.4 is 0 Å². The number of carbonyl (C=O) groups is 2. The molecule has 2 N–H and O–H groups in total. The molecule has 0 saturated heterocycles. The number of hydrogen-bond acceptors (Lipinski definition) is 5. The van der Waals surface area contributed by atoms with Crippen molar-refractivity contribution in [1.82, 2.24) is 0 Å². The second-order valence-corrected chi connectivity index (χ2v) is 36.7. The van der Waals surface area contributed by atoms with Crippen LogP contribution in [0.1, 0.15) is 12.8 Å². The highest BCUT2D eigenvalue weighted by atomic mass is 28.4. The van der Waals surface area contributed by atoms with Crippen LogP contribution in [0.2, 0.25) is 63.2 Å². The van der Waals surface area contributed by atoms with Gasteiger partial charge in [-0.05, 0) is 71.8 Å². The quantitative estimate of drug-likeness (QED) is 0.156. The van der Waals surface area contributed by atoms with Gasteiger partial charge in [0, 0.05) is 9.86 Å². The third kappa shape index (κ3) is 14.2. The maximum atomic E-state index is 13.4. The van der Waals surface area contributed by atoms with E-state index in [1.807, 2.05) is 58.9 Å². The van der Waals surface area contributed by atoms with Crippen LogP contribution in [-0.2, 0) is 21.9 Å². The van der Waals surface area contributed by atoms with E-state index in [4.69, 9.17) is 12.3 Å². The van der Waals surface area contributed by atoms with Crippen molar-refractivity contribution in [3.63, 3.8) is 0 Å². The maximum absolute atomic E-state index is 13.4. The van der Waals surface area contributed by atoms with E-state index < -0.39 is 106 Å². The average molecular weight is 663 g/mol. The Hall–Kier alpha value is -0.559. The van der Waals surface area contributed by atoms with Gasteiger partial charge in [0.1, 0.15) is 0 Å². The molecule has 0 radical (unpaired) electrons. The molecule has 0 amide bonds. The van der Waals surface area contributed by atoms with Gasteiger partial charge in [-0.3, -0.25) is 0 Å². The normalized spacial score (nSPS) is 17.3. The monoisotopic (exact) mass is 662 g/mol. The molecule has 0 aromatic carbocycles. The van der Waals surface area contributed by atoms with E-state index in [9.17, 15) is 46.1 Å². The van der Waals surface area contributed by atoms with Crippen LogP contribution in [-0.4, -0.2) is 88.7 Å². The van der Waals surface area contributed by atoms with Crippen LogP contribution in [0, 0.1) is 5.92 Å². The summed E-state index contributed by atoms with van der Waals surface area (Å²) in [5.41, 5.74) is -3.62. The van der Waals surface area contributed by atoms with E-state index in [1.54, 1.807) is 0 Å². The lowest BCUT2D eigenvalue weighted by molar-refractivity contribution is -0.272. The molecule has 7 nitrogen and oxygen atoms in total. The first kappa shape index (κ1) is 37.4. The molecule has 0 rings (SSSR count). The molecule has 0 aromatic rings. The summed E-state index contributed by atoms with van der Waals surface area (Å²) >= 11 is 0. The molecule has 19 heteroatoms. The van der Waals surface area contributed by atoms with Gasteiger partial charge < -0.3 is 22.6 Å². The molecule has 0 unspecified atom stereocenters. The van der Waals surface area contributed by atoms with E-state index in [-0.39, 0.29) is 6.42 Å². The number of carboxylic acids is 2. The summed E-state index contributed by atoms with van der Waals surface area (Å²) in [7, 11) is -10.9. The van der Waals surface area contributed by atoms with Crippen molar-refractivity contribution in [3.8, 4) is 0 Å². The molecular weight excluding hydrogens is 623 g/mol. The molecule has 224 valence electrons. The first-order valence-corrected chi connectivity index (χ1v) is 25.9. The highest BCUT2D eigenvalue weighted by Crippen LogP contribution is 2.46. The van der Waals surface area contributed by atoms with Crippen LogP contribution in [0.3, 0.4) is 0 Å². The SMILES string of the molecule is C[Si](C)(C)O[SiH2]C(CCC(C(=O)O)=C(C(=O)O)C(C(F)(F)F)C(F)(F)F)([SiH2]O[Si](C)(C)C)[SiH2]O[Si](C)(C)C. The Balaban J connectivity index is 6.90. The number of alkyl halides is 6. The van der Waals surface area contributed by atoms with E-state index in [0.717, 1.165) is 0 Å². The third-order valence-electron chi connectivity index (χ3n) is 5.10. The Morgan fingerprint density at radius 2 is 1.00 bits per heavy atom. The fourth-order valence-electron chi connectivity index (χ4n) is 3.14. The number of carboxylic acid groups (broad SMARTS) is 2. The lowest BCUT2D eigenvalue weighted by Gasteiger charge is -2.38. The molecule has 38 heavy (non-hydrogen) atoms. The van der Waals surface area contributed by atoms with Crippen molar-refractivity contribution in [3.05, 3.63) is 11.1 Å². The summed E-state index contributed by atoms with van der Waals surface area (Å²) in [5, 5.41) is 19.0. The predicted molar refractivity (Wildman–Crippen MR) is 149 cm³/mol. The van der Waals surface area contributed by atoms with Crippen LogP contribution in [0.5, 0.6) is 0 Å². The summed E-state index contributed by atoms with van der Waals surface area (Å²) in [6.45, 7) is 17.5. The smallest absolute Gasteiger partial charge is 0.404 e. The van der Waals surface area contributed by atoms with Crippen LogP contribution in [0.4, 0.5) is 26.3 Å². The molecule has 0 spiro atoms. The summed E-state index contributed by atoms with van der Waals surface area (Å²) in [5.74, 6) is -9.15. The summed E-state index contributed by atoms with van der Waals surface area (Å²) < 4.78 is 98.7. The predicted octanol–water partition coefficient (Wildman–Crippen LogP) is 3.85. The van der Waals surface area contributed by atoms with Gasteiger partial charge in [-0.25, -0.2) is 9.59 Å². The fraction of sp³-hybridized carbons (Fsp3) is 0.789. The average Bonchev–Trinajstić information content (AvgIpc) is 2.63. The molecule has 0 bridgehead atoms. The minimum Gasteiger partial charge on any atom is -0.478 e. The van der Waals surface area contributed by atoms with E-state index in [1.165, 1.54) is 0 Å². The Bertz CT molecular complexity index is 801. The highest BCUT2D eigenvalue weighted by molar-refractivity contribution is 6.86. The van der Waals surface area contributed by atoms with Crippen molar-refractivity contribution in [1.29, 1.82) is 0 Å². The van der Waals surface area contributed by atoms with Gasteiger partial charge in [0.05, 0.1) is 5.57 Å². The number of hydrogen-bond donors (Lipinski definition) is 2. The van der Waals surface area contributed by atoms with Crippen LogP contribution in [0.15, 0.2) is 11.1 Å². The van der Waals surface area contributed by atoms with Crippen molar-refractivity contribution < 1.29 is 58.5 Å². The Morgan fingerprint density at radius 3 is 1.21 bits per heavy atom. The van der Waals surface area contributed by atoms with Crippen LogP contribution in [0.25, 0.3) is 0 Å². The first-order valence-electron chi connectivity index (χ1n) is 11.9. The van der Waals surface area contributed by atoms with Gasteiger partial charge >= 0.3 is 24.3 Å². The zero-order valence-electron chi connectivity index (χ0n) is 23.3. The van der Waals surface area contributed by atoms with Gasteiger partial charge in [0.2, 0.25) is 0 Å². The number of rotatable bonds is 15. The van der Waals surface area contributed by atoms with Crippen molar-refractivity contribution in [2.45, 2.75) is 88.4 Å². The van der Waals surface area contributed by atoms with Crippen molar-refractivity contribution in [2.75, 3.05) is 0 Å². The molecule has 0 aliphatic heterocycles. The standard InChI is InChI=1S/C19H40F6O7Si6/c1-36(2,3)30-33-17(34-31-37(4,5)6,35-32-38(7,8)9)11-10-12(15(26)27)13(16(28)29)14(18(20,21)22)19(23,24)25/h14H,10-11,33-35H2,1-9H3,(H,26,27)(H,28,29). The fourth-order valence-corrected chi connectivity index (χ4v) is 19.5. The second-order valence-electron chi connectivity index (χ2n) is 12.2. The molecule has 0 aromatic heterocycles. The van der Waals surface area contributed by atoms with Crippen molar-refractivity contribution in [2.24, 2.45) is 5.92 Å². The lowest BCUT2D eigenvalue weighted by Crippen LogP contribution is -2.47. The first-order chi connectivity index (χ1) is 16.6. The Morgan fingerprint density at radius 1 is 0.684 bits per heavy atom. The maximum Gasteiger partial charge on any atom is 0.404 e. The zero-order valence-corrected chi connectivity index (χ0v) is 30.6. The molecular formula is C19H40F6O7Si6. The molecule has 0 aliphatic rings. The zero-order chi connectivity index (χ0) is 30.5. The van der Waals surface area contributed by atoms with Crippen LogP contribution >= 0.6 is 0 Å². The molecule has 0 atom stereocenters. The van der Waals surface area contributed by atoms with Gasteiger partial charge in [0.25, 0.3) is 0 Å². The highest BCUT2D eigenvalue weighted by Gasteiger charge is 2.61. The van der Waals surface area contributed by atoms with E-state index >= 15 is 0 Å². The van der Waals surface area contributed by atoms with Crippen molar-refractivity contribution >= 4 is 66.2 Å². The summed E-state index contributed by atoms with van der Waals surface area (Å²) in [6.07, 6.45) is -13.1. The molecule has 0 aliphatic carbocycles. The number of halogens is 6. The largest absolute Gasteiger partial charge is 0.478 e. The van der Waals surface area contributed by atoms with E-state index in [0.29, 0.717) is 0 Å². The van der Waals surface area contributed by atoms with Gasteiger partial charge in [-0.2, -0.15) is 26.3 Å². The molecule has 0 fully saturated rings. The summed E-state index contributed by atoms with van der Waals surface area (Å²) in [6, 6.07) is 0. The summed E-state index contributed by atoms with van der Waals surface area (Å²) in [4.78, 5) is 23.7. The molecule has 0 heterocycles. The molecule has 0 saturated carbocycles. The number of aliphatic carboxylic acids is 2. The minimum absolute atomic E-state index is 0.155. The van der Waals surface area contributed by atoms with Gasteiger partial charge in [-0.1, -0.05) is 0 Å². The Labute approximate surface area is 229 Å². The lowest BCUT2D eigenvalue weighted by atomic mass is 9.90. The topological polar surface area (TPSA) is 102 Å². The van der Waals surface area contributed by atoms with Gasteiger partial charge in [0.15, 0.2) is 60.2 Å². The minimum atomic E-state index is -6.05. The second kappa shape index (κ2) is 13.4. The third-order valence-corrected chi connectivity index (χ3v) is 23.8. The van der Waals surface area contributed by atoms with Gasteiger partial charge in [-0.15, -0.1) is 0 Å².